The summed E-state index contributed by atoms with van der Waals surface area (Å²) in [5, 5.41) is 32.1. The molecule has 0 bridgehead atoms. The number of carboxylic acid groups (broad SMARTS) is 1. The number of carbonyl (C=O) groups is 12. The lowest BCUT2D eigenvalue weighted by Gasteiger charge is -2.23. The summed E-state index contributed by atoms with van der Waals surface area (Å²) in [5.74, 6) is -3.12. The van der Waals surface area contributed by atoms with Crippen molar-refractivity contribution >= 4 is 157 Å². The van der Waals surface area contributed by atoms with Crippen molar-refractivity contribution in [3.8, 4) is 0 Å². The van der Waals surface area contributed by atoms with E-state index in [4.69, 9.17) is 60.8 Å². The molecule has 3 aromatic carbocycles. The summed E-state index contributed by atoms with van der Waals surface area (Å²) in [6, 6.07) is 28.3. The number of benzene rings is 3. The number of carbonyl (C=O) groups excluding carboxylic acids is 11. The molecule has 728 valence electrons. The number of nitrogens with two attached hydrogens (primary N) is 4. The van der Waals surface area contributed by atoms with E-state index < -0.39 is 89.4 Å². The molecule has 9 rings (SSSR count). The van der Waals surface area contributed by atoms with E-state index in [1.54, 1.807) is 76.2 Å². The van der Waals surface area contributed by atoms with Crippen molar-refractivity contribution in [1.29, 1.82) is 0 Å². The van der Waals surface area contributed by atoms with E-state index in [1.165, 1.54) is 42.5 Å². The molecule has 0 spiro atoms. The number of rotatable bonds is 42. The summed E-state index contributed by atoms with van der Waals surface area (Å²) in [7, 11) is 0. The van der Waals surface area contributed by atoms with Gasteiger partial charge < -0.3 is 137 Å². The molecule has 9 aromatic rings. The molecule has 48 nitrogen and oxygen atoms in total. The van der Waals surface area contributed by atoms with E-state index >= 15 is 0 Å². The van der Waals surface area contributed by atoms with Crippen molar-refractivity contribution in [3.05, 3.63) is 127 Å². The predicted molar refractivity (Wildman–Crippen MR) is 495 cm³/mol. The first-order valence-electron chi connectivity index (χ1n) is 42.5. The first-order valence-corrected chi connectivity index (χ1v) is 43.7. The first-order chi connectivity index (χ1) is 63.7. The van der Waals surface area contributed by atoms with Crippen LogP contribution in [0.4, 0.5) is 64.1 Å². The number of hydrogen-bond acceptors (Lipinski definition) is 35. The second-order valence-corrected chi connectivity index (χ2v) is 32.6. The Labute approximate surface area is 781 Å². The molecule has 0 aliphatic carbocycles. The molecule has 0 saturated carbocycles. The Bertz CT molecular complexity index is 5310. The molecule has 0 fully saturated rings. The molecule has 0 saturated heterocycles. The van der Waals surface area contributed by atoms with E-state index in [1.807, 2.05) is 91.0 Å². The van der Waals surface area contributed by atoms with Crippen molar-refractivity contribution in [1.82, 2.24) is 105 Å². The average Bonchev–Trinajstić information content (AvgIpc) is 1.65. The highest BCUT2D eigenvalue weighted by atomic mass is 79.9. The number of alkyl halides is 1. The van der Waals surface area contributed by atoms with E-state index in [-0.39, 0.29) is 134 Å². The number of carboxylic acids is 1. The third-order valence-corrected chi connectivity index (χ3v) is 17.8. The van der Waals surface area contributed by atoms with Crippen LogP contribution in [0.2, 0.25) is 0 Å². The molecule has 9 amide bonds. The highest BCUT2D eigenvalue weighted by Gasteiger charge is 2.27. The molecule has 0 atom stereocenters. The number of anilines is 6. The Morgan fingerprint density at radius 3 is 0.993 bits per heavy atom. The van der Waals surface area contributed by atoms with Crippen LogP contribution in [0, 0.1) is 0 Å². The molecule has 6 heterocycles. The number of nitrogens with zero attached hydrogens (tertiary/aromatic N) is 15. The number of halogens is 1. The van der Waals surface area contributed by atoms with Gasteiger partial charge in [0.1, 0.15) is 81.4 Å². The van der Waals surface area contributed by atoms with Gasteiger partial charge in [0.05, 0.1) is 32.2 Å². The monoisotopic (exact) mass is 1930 g/mol. The number of imidazole rings is 3. The summed E-state index contributed by atoms with van der Waals surface area (Å²) in [4.78, 5) is 187. The number of aromatic nitrogens is 12. The summed E-state index contributed by atoms with van der Waals surface area (Å²) >= 11 is 3.28. The maximum Gasteiger partial charge on any atom is 0.407 e. The SMILES string of the molecule is CC(C)(C)OC(=O)NCCN(CC(=O)O)C(=O)Cn1cnc2c(NCCCNC(=O)OCc3ccccc3)nc(N)nc21.CCOC(=O)CN(CCNC(=O)OC(C)(C)C)C(=O)Cn1cnc2c(N)nc(N)nc21.CCOC(=O)CN(CCNC(=O)OC(C)(C)C)C(=O)Cn1cnc2c(NCCCNC(=O)OCc3ccccc3)nc(N)nc21.O=C(NCCCBr)OCc1ccccc1. The fraction of sp³-hybridized carbons (Fsp3) is 0.471. The average molecular weight is 1940 g/mol. The topological polar surface area (TPSA) is 640 Å². The summed E-state index contributed by atoms with van der Waals surface area (Å²) in [6.07, 6.45) is 2.82. The number of alkyl carbamates (subject to hydrolysis) is 6. The molecular weight excluding hydrogens is 1820 g/mol. The van der Waals surface area contributed by atoms with Crippen LogP contribution < -0.4 is 65.5 Å². The molecule has 49 heteroatoms. The molecule has 0 unspecified atom stereocenters. The van der Waals surface area contributed by atoms with E-state index in [2.05, 4.69) is 103 Å². The Kier molecular flexibility index (Phi) is 44.5. The van der Waals surface area contributed by atoms with E-state index in [0.717, 1.165) is 33.3 Å². The molecule has 0 aliphatic rings. The van der Waals surface area contributed by atoms with Gasteiger partial charge in [0.2, 0.25) is 35.6 Å². The van der Waals surface area contributed by atoms with Crippen LogP contribution in [0.3, 0.4) is 0 Å². The number of nitrogen functional groups attached to an aromatic ring is 4. The van der Waals surface area contributed by atoms with Gasteiger partial charge in [-0.15, -0.1) is 0 Å². The van der Waals surface area contributed by atoms with Gasteiger partial charge in [-0.3, -0.25) is 28.8 Å². The Morgan fingerprint density at radius 1 is 0.381 bits per heavy atom. The lowest BCUT2D eigenvalue weighted by molar-refractivity contribution is -0.149. The quantitative estimate of drug-likeness (QED) is 0.00872. The number of ether oxygens (including phenoxy) is 8. The Hall–Kier alpha value is -15.0. The minimum Gasteiger partial charge on any atom is -0.480 e. The fourth-order valence-corrected chi connectivity index (χ4v) is 11.7. The molecule has 6 aromatic heterocycles. The third kappa shape index (κ3) is 41.4. The van der Waals surface area contributed by atoms with Gasteiger partial charge >= 0.3 is 54.5 Å². The van der Waals surface area contributed by atoms with E-state index in [0.29, 0.717) is 91.7 Å². The maximum absolute atomic E-state index is 13.3. The van der Waals surface area contributed by atoms with Crippen LogP contribution in [-0.4, -0.2) is 278 Å². The van der Waals surface area contributed by atoms with Crippen LogP contribution in [0.5, 0.6) is 0 Å². The van der Waals surface area contributed by atoms with Gasteiger partial charge in [-0.1, -0.05) is 107 Å². The van der Waals surface area contributed by atoms with Gasteiger partial charge in [0.15, 0.2) is 45.4 Å². The molecule has 0 aliphatic heterocycles. The Morgan fingerprint density at radius 2 is 0.679 bits per heavy atom. The van der Waals surface area contributed by atoms with E-state index in [9.17, 15) is 62.6 Å². The maximum atomic E-state index is 13.3. The van der Waals surface area contributed by atoms with Crippen molar-refractivity contribution in [3.63, 3.8) is 0 Å². The van der Waals surface area contributed by atoms with Crippen molar-refractivity contribution < 1.29 is 101 Å². The number of nitrogens with one attached hydrogen (secondary N) is 8. The molecule has 17 N–H and O–H groups in total. The predicted octanol–water partition coefficient (Wildman–Crippen LogP) is 6.23. The summed E-state index contributed by atoms with van der Waals surface area (Å²) in [5.41, 5.74) is 25.9. The van der Waals surface area contributed by atoms with Crippen molar-refractivity contribution in [2.45, 2.75) is 152 Å². The summed E-state index contributed by atoms with van der Waals surface area (Å²) in [6.45, 7) is 20.4. The second kappa shape index (κ2) is 55.3. The highest BCUT2D eigenvalue weighted by molar-refractivity contribution is 9.09. The lowest BCUT2D eigenvalue weighted by atomic mass is 10.2. The lowest BCUT2D eigenvalue weighted by Crippen LogP contribution is -2.44. The number of hydrogen-bond donors (Lipinski definition) is 13. The third-order valence-electron chi connectivity index (χ3n) is 17.2. The zero-order chi connectivity index (χ0) is 98.3. The smallest absolute Gasteiger partial charge is 0.407 e. The number of fused-ring (bicyclic) bond motifs is 3. The van der Waals surface area contributed by atoms with Gasteiger partial charge in [0, 0.05) is 77.3 Å². The van der Waals surface area contributed by atoms with Gasteiger partial charge in [-0.05, 0) is 112 Å². The van der Waals surface area contributed by atoms with Crippen LogP contribution in [-0.2, 0) is 106 Å². The minimum absolute atomic E-state index is 0.0125. The van der Waals surface area contributed by atoms with Crippen LogP contribution in [0.1, 0.15) is 112 Å². The van der Waals surface area contributed by atoms with Crippen molar-refractivity contribution in [2.75, 3.05) is 144 Å². The second-order valence-electron chi connectivity index (χ2n) is 31.8. The van der Waals surface area contributed by atoms with Crippen molar-refractivity contribution in [2.24, 2.45) is 0 Å². The van der Waals surface area contributed by atoms with Gasteiger partial charge in [-0.25, -0.2) is 43.7 Å². The highest BCUT2D eigenvalue weighted by Crippen LogP contribution is 2.24. The summed E-state index contributed by atoms with van der Waals surface area (Å²) < 4.78 is 45.2. The first kappa shape index (κ1) is 108. The number of esters is 2. The molecular formula is C85H120BrN27O21. The largest absolute Gasteiger partial charge is 0.480 e. The zero-order valence-corrected chi connectivity index (χ0v) is 78.4. The zero-order valence-electron chi connectivity index (χ0n) is 76.8. The van der Waals surface area contributed by atoms with Crippen LogP contribution in [0.15, 0.2) is 110 Å². The standard InChI is InChI=1S/C29H41N9O7.C27H37N9O7.C18H28N8O5.C11H14BrNO2/c1-5-43-22(40)17-37(15-14-33-28(42)45-29(2,3)4)21(39)16-38-19-34-23-24(35-26(30)36-25(23)38)31-12-9-13-32-27(41)44-18-20-10-7-6-8-11-20;1-27(2,3)43-26(41)31-12-13-35(15-20(38)39)19(37)14-36-17-32-21-22(33-24(28)34-23(21)36)29-10-7-11-30-25(40)42-16-18-8-5-4-6-9-18;1-5-30-12(28)9-25(7-6-21-17(29)31-18(2,3)4)11(27)8-26-10-22-13-14(19)23-16(20)24-15(13)26;12-7-4-8-13-11(14)15-9-10-5-2-1-3-6-10/h6-8,10-11,19H,5,9,12-18H2,1-4H3,(H,32,41)(H,33,42)(H3,30,31,35,36);4-6,8-9,17H,7,10-16H2,1-3H3,(H,30,40)(H,31,41)(H,38,39)(H3,28,29,33,34);10H,5-9H2,1-4H3,(H,21,29)(H4,19,20,23,24);1-3,5-6H,4,7-9H2,(H,13,14). The van der Waals surface area contributed by atoms with Crippen LogP contribution >= 0.6 is 15.9 Å². The van der Waals surface area contributed by atoms with Gasteiger partial charge in [0.25, 0.3) is 0 Å². The Balaban J connectivity index is 0.000000290. The minimum atomic E-state index is -1.21. The van der Waals surface area contributed by atoms with Crippen LogP contribution in [0.25, 0.3) is 33.5 Å². The molecule has 134 heavy (non-hydrogen) atoms. The molecule has 0 radical (unpaired) electrons. The fourth-order valence-electron chi connectivity index (χ4n) is 11.4. The number of amides is 9. The number of aliphatic carboxylic acids is 1. The van der Waals surface area contributed by atoms with Gasteiger partial charge in [-0.2, -0.15) is 29.9 Å². The normalized spacial score (nSPS) is 10.9.